The van der Waals surface area contributed by atoms with Crippen molar-refractivity contribution in [3.63, 3.8) is 0 Å². The molecule has 0 fully saturated rings. The predicted octanol–water partition coefficient (Wildman–Crippen LogP) is 0.576. The molecule has 0 unspecified atom stereocenters. The monoisotopic (exact) mass is 237 g/mol. The molecule has 0 saturated heterocycles. The smallest absolute Gasteiger partial charge is 0.307 e. The van der Waals surface area contributed by atoms with Crippen LogP contribution < -0.4 is 5.32 Å². The maximum absolute atomic E-state index is 11.2. The molecule has 2 N–H and O–H groups in total. The van der Waals surface area contributed by atoms with Gasteiger partial charge in [0.25, 0.3) is 0 Å². The second kappa shape index (κ2) is 6.65. The Morgan fingerprint density at radius 1 is 1.29 bits per heavy atom. The van der Waals surface area contributed by atoms with E-state index in [-0.39, 0.29) is 18.9 Å². The Morgan fingerprint density at radius 2 is 1.94 bits per heavy atom. The van der Waals surface area contributed by atoms with Crippen molar-refractivity contribution in [2.45, 2.75) is 13.0 Å². The van der Waals surface area contributed by atoms with Crippen molar-refractivity contribution < 1.29 is 19.4 Å². The van der Waals surface area contributed by atoms with E-state index in [1.807, 2.05) is 6.07 Å². The quantitative estimate of drug-likeness (QED) is 0.758. The van der Waals surface area contributed by atoms with Gasteiger partial charge in [0.1, 0.15) is 6.61 Å². The molecule has 0 aliphatic carbocycles. The van der Waals surface area contributed by atoms with Crippen molar-refractivity contribution in [1.29, 1.82) is 0 Å². The topological polar surface area (TPSA) is 75.6 Å². The summed E-state index contributed by atoms with van der Waals surface area (Å²) in [5.41, 5.74) is 1.51. The number of amides is 1. The maximum Gasteiger partial charge on any atom is 0.307 e. The number of carboxylic acid groups (broad SMARTS) is 1. The fourth-order valence-electron chi connectivity index (χ4n) is 1.44. The van der Waals surface area contributed by atoms with Crippen LogP contribution in [0.1, 0.15) is 11.1 Å². The van der Waals surface area contributed by atoms with Crippen molar-refractivity contribution >= 4 is 11.9 Å². The fourth-order valence-corrected chi connectivity index (χ4v) is 1.44. The van der Waals surface area contributed by atoms with Crippen molar-refractivity contribution in [1.82, 2.24) is 5.32 Å². The summed E-state index contributed by atoms with van der Waals surface area (Å²) >= 11 is 0. The Hall–Kier alpha value is -1.88. The summed E-state index contributed by atoms with van der Waals surface area (Å²) in [5.74, 6) is -1.11. The summed E-state index contributed by atoms with van der Waals surface area (Å²) in [6.45, 7) is 0.312. The van der Waals surface area contributed by atoms with Crippen LogP contribution in [-0.4, -0.2) is 30.7 Å². The molecule has 0 aromatic heterocycles. The van der Waals surface area contributed by atoms with Crippen LogP contribution in [0.15, 0.2) is 24.3 Å². The fraction of sp³-hybridized carbons (Fsp3) is 0.333. The van der Waals surface area contributed by atoms with Crippen molar-refractivity contribution in [2.75, 3.05) is 13.7 Å². The summed E-state index contributed by atoms with van der Waals surface area (Å²) in [6, 6.07) is 7.12. The minimum Gasteiger partial charge on any atom is -0.481 e. The van der Waals surface area contributed by atoms with E-state index < -0.39 is 5.97 Å². The number of nitrogens with one attached hydrogen (secondary N) is 1. The van der Waals surface area contributed by atoms with E-state index in [4.69, 9.17) is 5.11 Å². The zero-order valence-corrected chi connectivity index (χ0v) is 9.60. The lowest BCUT2D eigenvalue weighted by molar-refractivity contribution is -0.136. The Bertz CT molecular complexity index is 403. The SMILES string of the molecule is COCC(=O)NCc1ccccc1CC(=O)O. The number of carbonyl (C=O) groups excluding carboxylic acids is 1. The van der Waals surface area contributed by atoms with Crippen LogP contribution >= 0.6 is 0 Å². The third-order valence-electron chi connectivity index (χ3n) is 2.21. The number of hydrogen-bond acceptors (Lipinski definition) is 3. The second-order valence-electron chi connectivity index (χ2n) is 3.55. The molecule has 0 aliphatic heterocycles. The summed E-state index contributed by atoms with van der Waals surface area (Å²) in [6.07, 6.45) is -0.0453. The number of hydrogen-bond donors (Lipinski definition) is 2. The largest absolute Gasteiger partial charge is 0.481 e. The molecule has 0 spiro atoms. The van der Waals surface area contributed by atoms with E-state index in [0.717, 1.165) is 5.56 Å². The van der Waals surface area contributed by atoms with Crippen LogP contribution in [0.3, 0.4) is 0 Å². The molecule has 1 aromatic rings. The summed E-state index contributed by atoms with van der Waals surface area (Å²) in [4.78, 5) is 21.9. The minimum absolute atomic E-state index is 0.00109. The van der Waals surface area contributed by atoms with Gasteiger partial charge in [0.05, 0.1) is 6.42 Å². The standard InChI is InChI=1S/C12H15NO4/c1-17-8-11(14)13-7-10-5-3-2-4-9(10)6-12(15)16/h2-5H,6-8H2,1H3,(H,13,14)(H,15,16). The molecule has 17 heavy (non-hydrogen) atoms. The van der Waals surface area contributed by atoms with Gasteiger partial charge in [-0.2, -0.15) is 0 Å². The molecule has 0 aliphatic rings. The highest BCUT2D eigenvalue weighted by Gasteiger charge is 2.07. The van der Waals surface area contributed by atoms with Crippen molar-refractivity contribution in [3.8, 4) is 0 Å². The van der Waals surface area contributed by atoms with Crippen LogP contribution in [0.4, 0.5) is 0 Å². The molecule has 0 atom stereocenters. The molecule has 1 amide bonds. The average Bonchev–Trinajstić information content (AvgIpc) is 2.27. The number of rotatable bonds is 6. The van der Waals surface area contributed by atoms with E-state index in [9.17, 15) is 9.59 Å². The van der Waals surface area contributed by atoms with E-state index in [1.54, 1.807) is 18.2 Å². The summed E-state index contributed by atoms with van der Waals surface area (Å²) < 4.78 is 4.68. The van der Waals surface area contributed by atoms with E-state index in [1.165, 1.54) is 7.11 Å². The zero-order valence-electron chi connectivity index (χ0n) is 9.60. The van der Waals surface area contributed by atoms with Crippen LogP contribution in [0.5, 0.6) is 0 Å². The highest BCUT2D eigenvalue weighted by molar-refractivity contribution is 5.77. The minimum atomic E-state index is -0.888. The molecule has 0 heterocycles. The molecule has 0 radical (unpaired) electrons. The van der Waals surface area contributed by atoms with Gasteiger partial charge < -0.3 is 15.2 Å². The summed E-state index contributed by atoms with van der Waals surface area (Å²) in [5, 5.41) is 11.4. The predicted molar refractivity (Wildman–Crippen MR) is 61.5 cm³/mol. The van der Waals surface area contributed by atoms with Crippen molar-refractivity contribution in [3.05, 3.63) is 35.4 Å². The second-order valence-corrected chi connectivity index (χ2v) is 3.55. The molecule has 0 saturated carbocycles. The summed E-state index contributed by atoms with van der Waals surface area (Å²) in [7, 11) is 1.44. The van der Waals surface area contributed by atoms with Gasteiger partial charge in [-0.25, -0.2) is 0 Å². The first kappa shape index (κ1) is 13.2. The maximum atomic E-state index is 11.2. The van der Waals surface area contributed by atoms with Gasteiger partial charge in [-0.3, -0.25) is 9.59 Å². The van der Waals surface area contributed by atoms with Gasteiger partial charge >= 0.3 is 5.97 Å². The van der Waals surface area contributed by atoms with Gasteiger partial charge in [0.15, 0.2) is 0 Å². The molecular formula is C12H15NO4. The highest BCUT2D eigenvalue weighted by atomic mass is 16.5. The number of aliphatic carboxylic acids is 1. The van der Waals surface area contributed by atoms with Gasteiger partial charge in [-0.1, -0.05) is 24.3 Å². The molecular weight excluding hydrogens is 222 g/mol. The lowest BCUT2D eigenvalue weighted by Gasteiger charge is -2.08. The Balaban J connectivity index is 2.63. The van der Waals surface area contributed by atoms with Crippen LogP contribution in [0, 0.1) is 0 Å². The number of carbonyl (C=O) groups is 2. The first-order valence-electron chi connectivity index (χ1n) is 5.17. The molecule has 92 valence electrons. The number of methoxy groups -OCH3 is 1. The van der Waals surface area contributed by atoms with E-state index in [0.29, 0.717) is 12.1 Å². The van der Waals surface area contributed by atoms with Crippen LogP contribution in [0.25, 0.3) is 0 Å². The Morgan fingerprint density at radius 3 is 2.53 bits per heavy atom. The third kappa shape index (κ3) is 4.65. The van der Waals surface area contributed by atoms with Crippen LogP contribution in [0.2, 0.25) is 0 Å². The zero-order chi connectivity index (χ0) is 12.7. The molecule has 1 rings (SSSR count). The van der Waals surface area contributed by atoms with Crippen LogP contribution in [-0.2, 0) is 27.3 Å². The average molecular weight is 237 g/mol. The Kier molecular flexibility index (Phi) is 5.16. The molecule has 5 nitrogen and oxygen atoms in total. The van der Waals surface area contributed by atoms with Gasteiger partial charge in [-0.05, 0) is 11.1 Å². The van der Waals surface area contributed by atoms with E-state index in [2.05, 4.69) is 10.1 Å². The van der Waals surface area contributed by atoms with Gasteiger partial charge in [0, 0.05) is 13.7 Å². The molecule has 5 heteroatoms. The number of benzene rings is 1. The first-order chi connectivity index (χ1) is 8.13. The first-order valence-corrected chi connectivity index (χ1v) is 5.17. The van der Waals surface area contributed by atoms with E-state index >= 15 is 0 Å². The molecule has 1 aromatic carbocycles. The Labute approximate surface area is 99.4 Å². The van der Waals surface area contributed by atoms with Crippen molar-refractivity contribution in [2.24, 2.45) is 0 Å². The lowest BCUT2D eigenvalue weighted by Crippen LogP contribution is -2.27. The van der Waals surface area contributed by atoms with Gasteiger partial charge in [0.2, 0.25) is 5.91 Å². The van der Waals surface area contributed by atoms with Gasteiger partial charge in [-0.15, -0.1) is 0 Å². The lowest BCUT2D eigenvalue weighted by atomic mass is 10.0. The normalized spacial score (nSPS) is 9.94. The number of ether oxygens (including phenoxy) is 1. The third-order valence-corrected chi connectivity index (χ3v) is 2.21. The molecule has 0 bridgehead atoms. The highest BCUT2D eigenvalue weighted by Crippen LogP contribution is 2.09. The number of carboxylic acids is 1.